The van der Waals surface area contributed by atoms with Crippen molar-refractivity contribution in [2.45, 2.75) is 19.9 Å². The summed E-state index contributed by atoms with van der Waals surface area (Å²) >= 11 is 0. The van der Waals surface area contributed by atoms with Gasteiger partial charge in [-0.3, -0.25) is 0 Å². The maximum absolute atomic E-state index is 6.31. The number of nitrogens with two attached hydrogens (primary N) is 1. The Morgan fingerprint density at radius 1 is 0.732 bits per heavy atom. The molecule has 3 N–H and O–H groups in total. The molecule has 1 aliphatic heterocycles. The van der Waals surface area contributed by atoms with Crippen LogP contribution in [-0.2, 0) is 0 Å². The first-order chi connectivity index (χ1) is 19.9. The fourth-order valence-electron chi connectivity index (χ4n) is 4.16. The SMILES string of the molecule is C=C1/C=C\C=C/N/C=C\c2ccccc2C1=C.C=CC=C(C)C.NC(c1ccccc1)c1ccc2ccccc2c1. The Morgan fingerprint density at radius 3 is 2.12 bits per heavy atom. The molecule has 4 aromatic rings. The molecule has 5 rings (SSSR count). The standard InChI is InChI=1S/C17H15N.C16H15N.C6H10/c18-17(14-7-2-1-3-8-14)16-11-10-13-6-4-5-9-15(13)12-16;1-13-7-5-6-11-17-12-10-15-8-3-4-9-16(15)14(13)2;1-4-5-6(2)3/h1-12,17H,18H2;3-12,17H,1-2H2;4-5H,1H2,2-3H3/b;7-5-,11-6-,12-10-;. The molecule has 206 valence electrons. The molecule has 2 heteroatoms. The van der Waals surface area contributed by atoms with Crippen molar-refractivity contribution in [1.29, 1.82) is 0 Å². The van der Waals surface area contributed by atoms with E-state index >= 15 is 0 Å². The zero-order valence-electron chi connectivity index (χ0n) is 24.1. The summed E-state index contributed by atoms with van der Waals surface area (Å²) in [4.78, 5) is 0. The van der Waals surface area contributed by atoms with Gasteiger partial charge < -0.3 is 11.1 Å². The number of allylic oxidation sites excluding steroid dienone is 8. The Kier molecular flexibility index (Phi) is 12.1. The maximum Gasteiger partial charge on any atom is 0.0551 e. The van der Waals surface area contributed by atoms with Gasteiger partial charge in [0.15, 0.2) is 0 Å². The van der Waals surface area contributed by atoms with Gasteiger partial charge in [0, 0.05) is 12.4 Å². The fraction of sp³-hybridized carbons (Fsp3) is 0.0769. The van der Waals surface area contributed by atoms with Gasteiger partial charge in [-0.05, 0) is 76.2 Å². The van der Waals surface area contributed by atoms with Crippen molar-refractivity contribution in [2.75, 3.05) is 0 Å². The average Bonchev–Trinajstić information content (AvgIpc) is 3.03. The molecule has 1 heterocycles. The lowest BCUT2D eigenvalue weighted by Crippen LogP contribution is -2.11. The third-order valence-electron chi connectivity index (χ3n) is 6.38. The van der Waals surface area contributed by atoms with Crippen LogP contribution in [0.2, 0.25) is 0 Å². The summed E-state index contributed by atoms with van der Waals surface area (Å²) in [6, 6.07) is 33.1. The third-order valence-corrected chi connectivity index (χ3v) is 6.38. The summed E-state index contributed by atoms with van der Waals surface area (Å²) in [7, 11) is 0. The largest absolute Gasteiger partial charge is 0.368 e. The summed E-state index contributed by atoms with van der Waals surface area (Å²) in [5.41, 5.74) is 14.0. The van der Waals surface area contributed by atoms with Crippen LogP contribution < -0.4 is 11.1 Å². The molecule has 0 spiro atoms. The van der Waals surface area contributed by atoms with E-state index < -0.39 is 0 Å². The van der Waals surface area contributed by atoms with E-state index in [1.807, 2.05) is 87.0 Å². The zero-order valence-corrected chi connectivity index (χ0v) is 24.1. The van der Waals surface area contributed by atoms with Gasteiger partial charge in [0.1, 0.15) is 0 Å². The van der Waals surface area contributed by atoms with Gasteiger partial charge >= 0.3 is 0 Å². The van der Waals surface area contributed by atoms with E-state index in [1.165, 1.54) is 16.3 Å². The van der Waals surface area contributed by atoms with E-state index in [0.29, 0.717) is 0 Å². The van der Waals surface area contributed by atoms with Gasteiger partial charge in [-0.15, -0.1) is 0 Å². The van der Waals surface area contributed by atoms with Gasteiger partial charge in [0.25, 0.3) is 0 Å². The number of hydrogen-bond donors (Lipinski definition) is 2. The molecule has 1 atom stereocenters. The zero-order chi connectivity index (χ0) is 29.5. The Balaban J connectivity index is 0.000000189. The fourth-order valence-corrected chi connectivity index (χ4v) is 4.16. The molecule has 4 aromatic carbocycles. The number of hydrogen-bond acceptors (Lipinski definition) is 2. The van der Waals surface area contributed by atoms with Crippen molar-refractivity contribution < 1.29 is 0 Å². The Labute approximate surface area is 245 Å². The van der Waals surface area contributed by atoms with Crippen molar-refractivity contribution in [2.24, 2.45) is 5.73 Å². The van der Waals surface area contributed by atoms with Gasteiger partial charge in [-0.2, -0.15) is 0 Å². The van der Waals surface area contributed by atoms with Gasteiger partial charge in [-0.25, -0.2) is 0 Å². The van der Waals surface area contributed by atoms with Crippen molar-refractivity contribution in [3.63, 3.8) is 0 Å². The van der Waals surface area contributed by atoms with Crippen molar-refractivity contribution >= 4 is 22.4 Å². The summed E-state index contributed by atoms with van der Waals surface area (Å²) in [6.45, 7) is 15.8. The first-order valence-electron chi connectivity index (χ1n) is 13.7. The highest BCUT2D eigenvalue weighted by Crippen LogP contribution is 2.26. The van der Waals surface area contributed by atoms with Crippen molar-refractivity contribution in [1.82, 2.24) is 5.32 Å². The molecule has 2 nitrogen and oxygen atoms in total. The second-order valence-corrected chi connectivity index (χ2v) is 9.78. The highest BCUT2D eigenvalue weighted by atomic mass is 14.8. The lowest BCUT2D eigenvalue weighted by molar-refractivity contribution is 0.873. The topological polar surface area (TPSA) is 38.0 Å². The minimum Gasteiger partial charge on any atom is -0.368 e. The normalized spacial score (nSPS) is 15.1. The monoisotopic (exact) mass is 536 g/mol. The molecule has 1 unspecified atom stereocenters. The lowest BCUT2D eigenvalue weighted by atomic mass is 9.95. The quantitative estimate of drug-likeness (QED) is 0.256. The van der Waals surface area contributed by atoms with Crippen LogP contribution >= 0.6 is 0 Å². The molecule has 0 saturated heterocycles. The highest BCUT2D eigenvalue weighted by Gasteiger charge is 2.08. The molecular formula is C39H40N2. The van der Waals surface area contributed by atoms with Crippen molar-refractivity contribution in [3.05, 3.63) is 193 Å². The minimum absolute atomic E-state index is 0.0594. The Morgan fingerprint density at radius 2 is 1.41 bits per heavy atom. The van der Waals surface area contributed by atoms with Gasteiger partial charge in [-0.1, -0.05) is 141 Å². The maximum atomic E-state index is 6.31. The van der Waals surface area contributed by atoms with Crippen LogP contribution in [0.4, 0.5) is 0 Å². The Hall–Kier alpha value is -4.92. The van der Waals surface area contributed by atoms with E-state index in [0.717, 1.165) is 33.4 Å². The molecule has 41 heavy (non-hydrogen) atoms. The number of rotatable bonds is 3. The van der Waals surface area contributed by atoms with E-state index in [2.05, 4.69) is 91.8 Å². The van der Waals surface area contributed by atoms with Gasteiger partial charge in [0.2, 0.25) is 0 Å². The Bertz CT molecular complexity index is 1580. The van der Waals surface area contributed by atoms with Crippen LogP contribution in [0, 0.1) is 0 Å². The number of fused-ring (bicyclic) bond motifs is 2. The van der Waals surface area contributed by atoms with Crippen LogP contribution in [0.1, 0.15) is 42.1 Å². The minimum atomic E-state index is -0.0594. The first-order valence-corrected chi connectivity index (χ1v) is 13.7. The molecule has 0 fully saturated rings. The smallest absolute Gasteiger partial charge is 0.0551 e. The summed E-state index contributed by atoms with van der Waals surface area (Å²) in [5.74, 6) is 0. The van der Waals surface area contributed by atoms with Crippen LogP contribution in [0.5, 0.6) is 0 Å². The molecule has 0 saturated carbocycles. The molecule has 1 aliphatic rings. The lowest BCUT2D eigenvalue weighted by Gasteiger charge is -2.13. The van der Waals surface area contributed by atoms with Crippen molar-refractivity contribution in [3.8, 4) is 0 Å². The van der Waals surface area contributed by atoms with Crippen LogP contribution in [0.25, 0.3) is 22.4 Å². The summed E-state index contributed by atoms with van der Waals surface area (Å²) in [6.07, 6.45) is 15.4. The molecular weight excluding hydrogens is 496 g/mol. The third kappa shape index (κ3) is 9.65. The molecule has 0 aliphatic carbocycles. The van der Waals surface area contributed by atoms with E-state index in [-0.39, 0.29) is 6.04 Å². The van der Waals surface area contributed by atoms with Gasteiger partial charge in [0.05, 0.1) is 6.04 Å². The number of nitrogens with one attached hydrogen (secondary N) is 1. The molecule has 0 radical (unpaired) electrons. The summed E-state index contributed by atoms with van der Waals surface area (Å²) in [5, 5.41) is 5.57. The average molecular weight is 537 g/mol. The molecule has 0 bridgehead atoms. The first kappa shape index (κ1) is 30.6. The molecule has 0 amide bonds. The van der Waals surface area contributed by atoms with E-state index in [4.69, 9.17) is 5.73 Å². The van der Waals surface area contributed by atoms with E-state index in [1.54, 1.807) is 6.08 Å². The highest BCUT2D eigenvalue weighted by molar-refractivity contribution is 5.84. The van der Waals surface area contributed by atoms with E-state index in [9.17, 15) is 0 Å². The molecule has 0 aromatic heterocycles. The van der Waals surface area contributed by atoms with Crippen LogP contribution in [0.15, 0.2) is 171 Å². The number of benzene rings is 4. The second-order valence-electron chi connectivity index (χ2n) is 9.78. The predicted octanol–water partition coefficient (Wildman–Crippen LogP) is 9.93. The van der Waals surface area contributed by atoms with Crippen LogP contribution in [0.3, 0.4) is 0 Å². The van der Waals surface area contributed by atoms with Crippen LogP contribution in [-0.4, -0.2) is 0 Å². The predicted molar refractivity (Wildman–Crippen MR) is 181 cm³/mol. The summed E-state index contributed by atoms with van der Waals surface area (Å²) < 4.78 is 0. The second kappa shape index (κ2) is 16.2.